The van der Waals surface area contributed by atoms with Crippen molar-refractivity contribution in [3.05, 3.63) is 42.0 Å². The largest absolute Gasteiger partial charge is 0.494 e. The first-order chi connectivity index (χ1) is 11.2. The van der Waals surface area contributed by atoms with Crippen molar-refractivity contribution < 1.29 is 14.3 Å². The van der Waals surface area contributed by atoms with Crippen LogP contribution in [0.4, 0.5) is 0 Å². The summed E-state index contributed by atoms with van der Waals surface area (Å²) < 4.78 is 5.38. The van der Waals surface area contributed by atoms with Gasteiger partial charge in [0.15, 0.2) is 0 Å². The van der Waals surface area contributed by atoms with Crippen LogP contribution in [0.5, 0.6) is 5.75 Å². The molecule has 2 fully saturated rings. The molecule has 2 amide bonds. The van der Waals surface area contributed by atoms with Crippen molar-refractivity contribution >= 4 is 18.0 Å². The van der Waals surface area contributed by atoms with Gasteiger partial charge in [0.2, 0.25) is 0 Å². The van der Waals surface area contributed by atoms with Crippen molar-refractivity contribution in [2.45, 2.75) is 13.3 Å². The molecule has 1 heterocycles. The van der Waals surface area contributed by atoms with Crippen LogP contribution in [0.2, 0.25) is 0 Å². The lowest BCUT2D eigenvalue weighted by atomic mass is 9.85. The number of allylic oxidation sites excluding steroid dienone is 2. The summed E-state index contributed by atoms with van der Waals surface area (Å²) in [5, 5.41) is 5.22. The lowest BCUT2D eigenvalue weighted by Gasteiger charge is -2.13. The number of amides is 2. The summed E-state index contributed by atoms with van der Waals surface area (Å²) in [5.41, 5.74) is 0.826. The van der Waals surface area contributed by atoms with Crippen LogP contribution < -0.4 is 4.74 Å². The van der Waals surface area contributed by atoms with Gasteiger partial charge in [-0.2, -0.15) is 10.1 Å². The van der Waals surface area contributed by atoms with Gasteiger partial charge in [-0.3, -0.25) is 9.59 Å². The summed E-state index contributed by atoms with van der Waals surface area (Å²) in [4.78, 5) is 25.0. The van der Waals surface area contributed by atoms with Gasteiger partial charge in [0, 0.05) is 0 Å². The Morgan fingerprint density at radius 1 is 1.13 bits per heavy atom. The van der Waals surface area contributed by atoms with Crippen LogP contribution in [0.15, 0.2) is 41.5 Å². The standard InChI is InChI=1S/C18H18N2O3/c1-2-23-14-7-3-11(4-8-14)10-19-20-17(21)15-12-5-6-13(9-12)16(15)18(20)22/h3-8,10,12-13,15-16H,2,9H2,1H3/b19-10-/t12-,13-,15+,16+/m0/s1. The van der Waals surface area contributed by atoms with Crippen LogP contribution in [0.3, 0.4) is 0 Å². The summed E-state index contributed by atoms with van der Waals surface area (Å²) in [6, 6.07) is 7.39. The van der Waals surface area contributed by atoms with E-state index in [1.165, 1.54) is 0 Å². The SMILES string of the molecule is CCOc1ccc(/C=N\N2C(=O)[C@H]3[C@H](C2=O)[C@H]2C=C[C@H]3C2)cc1. The zero-order chi connectivity index (χ0) is 16.0. The number of ether oxygens (including phenoxy) is 1. The molecule has 0 radical (unpaired) electrons. The Hall–Kier alpha value is -2.43. The summed E-state index contributed by atoms with van der Waals surface area (Å²) in [7, 11) is 0. The van der Waals surface area contributed by atoms with Crippen LogP contribution in [-0.4, -0.2) is 29.6 Å². The van der Waals surface area contributed by atoms with Gasteiger partial charge in [-0.05, 0) is 55.0 Å². The molecule has 1 aromatic carbocycles. The summed E-state index contributed by atoms with van der Waals surface area (Å²) in [6.45, 7) is 2.54. The maximum Gasteiger partial charge on any atom is 0.254 e. The predicted molar refractivity (Wildman–Crippen MR) is 84.8 cm³/mol. The topological polar surface area (TPSA) is 59.0 Å². The van der Waals surface area contributed by atoms with E-state index in [4.69, 9.17) is 4.74 Å². The third kappa shape index (κ3) is 2.19. The maximum atomic E-state index is 12.5. The lowest BCUT2D eigenvalue weighted by Crippen LogP contribution is -2.28. The van der Waals surface area contributed by atoms with Crippen molar-refractivity contribution in [3.8, 4) is 5.75 Å². The van der Waals surface area contributed by atoms with Gasteiger partial charge in [0.25, 0.3) is 11.8 Å². The molecule has 0 aromatic heterocycles. The average Bonchev–Trinajstić information content (AvgIpc) is 3.22. The van der Waals surface area contributed by atoms with Gasteiger partial charge in [-0.25, -0.2) is 0 Å². The van der Waals surface area contributed by atoms with E-state index in [0.717, 1.165) is 22.7 Å². The molecular formula is C18H18N2O3. The molecule has 5 nitrogen and oxygen atoms in total. The number of imide groups is 1. The Balaban J connectivity index is 1.51. The van der Waals surface area contributed by atoms with Gasteiger partial charge < -0.3 is 4.74 Å². The van der Waals surface area contributed by atoms with Crippen LogP contribution in [0.25, 0.3) is 0 Å². The highest BCUT2D eigenvalue weighted by Crippen LogP contribution is 2.52. The van der Waals surface area contributed by atoms with Crippen molar-refractivity contribution in [2.75, 3.05) is 6.61 Å². The second-order valence-corrected chi connectivity index (χ2v) is 6.23. The van der Waals surface area contributed by atoms with Crippen molar-refractivity contribution in [1.29, 1.82) is 0 Å². The van der Waals surface area contributed by atoms with E-state index in [9.17, 15) is 9.59 Å². The summed E-state index contributed by atoms with van der Waals surface area (Å²) >= 11 is 0. The average molecular weight is 310 g/mol. The Morgan fingerprint density at radius 3 is 2.30 bits per heavy atom. The highest BCUT2D eigenvalue weighted by Gasteiger charge is 2.59. The van der Waals surface area contributed by atoms with E-state index in [0.29, 0.717) is 6.61 Å². The highest BCUT2D eigenvalue weighted by atomic mass is 16.5. The minimum absolute atomic E-state index is 0.154. The number of fused-ring (bicyclic) bond motifs is 5. The molecule has 2 bridgehead atoms. The van der Waals surface area contributed by atoms with Gasteiger partial charge in [-0.1, -0.05) is 12.2 Å². The minimum atomic E-state index is -0.199. The molecule has 1 saturated carbocycles. The number of hydrazone groups is 1. The molecule has 5 heteroatoms. The molecule has 1 aromatic rings. The summed E-state index contributed by atoms with van der Waals surface area (Å²) in [6.07, 6.45) is 6.65. The smallest absolute Gasteiger partial charge is 0.254 e. The van der Waals surface area contributed by atoms with Gasteiger partial charge in [0.05, 0.1) is 24.7 Å². The Bertz CT molecular complexity index is 677. The molecule has 3 aliphatic rings. The minimum Gasteiger partial charge on any atom is -0.494 e. The fraction of sp³-hybridized carbons (Fsp3) is 0.389. The quantitative estimate of drug-likeness (QED) is 0.487. The Morgan fingerprint density at radius 2 is 1.74 bits per heavy atom. The van der Waals surface area contributed by atoms with E-state index in [1.807, 2.05) is 31.2 Å². The Labute approximate surface area is 134 Å². The van der Waals surface area contributed by atoms with Crippen molar-refractivity contribution in [1.82, 2.24) is 5.01 Å². The predicted octanol–water partition coefficient (Wildman–Crippen LogP) is 2.23. The monoisotopic (exact) mass is 310 g/mol. The van der Waals surface area contributed by atoms with Crippen LogP contribution in [0, 0.1) is 23.7 Å². The van der Waals surface area contributed by atoms with Gasteiger partial charge in [0.1, 0.15) is 5.75 Å². The first-order valence-electron chi connectivity index (χ1n) is 8.02. The fourth-order valence-electron chi connectivity index (χ4n) is 3.94. The van der Waals surface area contributed by atoms with Crippen molar-refractivity contribution in [3.63, 3.8) is 0 Å². The fourth-order valence-corrected chi connectivity index (χ4v) is 3.94. The molecule has 23 heavy (non-hydrogen) atoms. The Kier molecular flexibility index (Phi) is 3.29. The molecule has 4 rings (SSSR count). The molecule has 0 unspecified atom stereocenters. The van der Waals surface area contributed by atoms with E-state index in [2.05, 4.69) is 17.3 Å². The highest BCUT2D eigenvalue weighted by molar-refractivity contribution is 6.06. The third-order valence-corrected chi connectivity index (χ3v) is 4.96. The third-order valence-electron chi connectivity index (χ3n) is 4.96. The molecule has 118 valence electrons. The molecule has 0 N–H and O–H groups in total. The second kappa shape index (κ2) is 5.33. The van der Waals surface area contributed by atoms with Gasteiger partial charge >= 0.3 is 0 Å². The molecule has 0 spiro atoms. The summed E-state index contributed by atoms with van der Waals surface area (Å²) in [5.74, 6) is 0.512. The molecular weight excluding hydrogens is 292 g/mol. The zero-order valence-corrected chi connectivity index (χ0v) is 12.9. The lowest BCUT2D eigenvalue weighted by molar-refractivity contribution is -0.140. The van der Waals surface area contributed by atoms with E-state index >= 15 is 0 Å². The second-order valence-electron chi connectivity index (χ2n) is 6.23. The first-order valence-corrected chi connectivity index (χ1v) is 8.02. The number of rotatable bonds is 4. The van der Waals surface area contributed by atoms with E-state index in [1.54, 1.807) is 6.21 Å². The number of hydrogen-bond acceptors (Lipinski definition) is 4. The van der Waals surface area contributed by atoms with Gasteiger partial charge in [-0.15, -0.1) is 0 Å². The number of nitrogens with zero attached hydrogens (tertiary/aromatic N) is 2. The first kappa shape index (κ1) is 14.2. The molecule has 4 atom stereocenters. The number of benzene rings is 1. The molecule has 1 aliphatic heterocycles. The zero-order valence-electron chi connectivity index (χ0n) is 12.9. The maximum absolute atomic E-state index is 12.5. The molecule has 2 aliphatic carbocycles. The number of carbonyl (C=O) groups is 2. The van der Waals surface area contributed by atoms with E-state index < -0.39 is 0 Å². The van der Waals surface area contributed by atoms with Crippen LogP contribution in [-0.2, 0) is 9.59 Å². The number of carbonyl (C=O) groups excluding carboxylic acids is 2. The van der Waals surface area contributed by atoms with E-state index in [-0.39, 0.29) is 35.5 Å². The van der Waals surface area contributed by atoms with Crippen LogP contribution in [0.1, 0.15) is 18.9 Å². The normalized spacial score (nSPS) is 31.4. The molecule has 1 saturated heterocycles. The number of hydrogen-bond donors (Lipinski definition) is 0. The van der Waals surface area contributed by atoms with Crippen molar-refractivity contribution in [2.24, 2.45) is 28.8 Å². The van der Waals surface area contributed by atoms with Crippen LogP contribution >= 0.6 is 0 Å².